The molecule has 1 atom stereocenters. The van der Waals surface area contributed by atoms with E-state index >= 15 is 0 Å². The van der Waals surface area contributed by atoms with Crippen molar-refractivity contribution in [2.75, 3.05) is 24.5 Å². The second-order valence-corrected chi connectivity index (χ2v) is 8.14. The Morgan fingerprint density at radius 3 is 2.78 bits per heavy atom. The molecule has 2 aromatic carbocycles. The monoisotopic (exact) mass is 412 g/mol. The van der Waals surface area contributed by atoms with Gasteiger partial charge in [0.05, 0.1) is 29.6 Å². The molecule has 0 amide bonds. The maximum atomic E-state index is 13.2. The SMILES string of the molecule is [2H]C([2H])(NC1c2ccccc2N(C)S(=O)(=O)c2cc(Cl)ccc21)C([2H])([2H])C(=O)OCC. The van der Waals surface area contributed by atoms with Gasteiger partial charge in [-0.1, -0.05) is 35.9 Å². The second kappa shape index (κ2) is 7.88. The molecule has 0 saturated heterocycles. The number of hydrogen-bond acceptors (Lipinski definition) is 5. The number of carbonyl (C=O) groups excluding carboxylic acids is 1. The van der Waals surface area contributed by atoms with E-state index in [0.29, 0.717) is 5.56 Å². The fourth-order valence-corrected chi connectivity index (χ4v) is 4.63. The quantitative estimate of drug-likeness (QED) is 0.763. The van der Waals surface area contributed by atoms with Crippen molar-refractivity contribution >= 4 is 33.3 Å². The molecule has 8 heteroatoms. The van der Waals surface area contributed by atoms with Crippen LogP contribution in [0.2, 0.25) is 5.02 Å². The van der Waals surface area contributed by atoms with Gasteiger partial charge in [-0.2, -0.15) is 0 Å². The molecule has 0 radical (unpaired) electrons. The zero-order chi connectivity index (χ0) is 23.2. The topological polar surface area (TPSA) is 75.7 Å². The van der Waals surface area contributed by atoms with Crippen molar-refractivity contribution in [1.82, 2.24) is 5.32 Å². The molecule has 1 N–H and O–H groups in total. The second-order valence-electron chi connectivity index (χ2n) is 5.76. The number of benzene rings is 2. The van der Waals surface area contributed by atoms with Gasteiger partial charge in [0.1, 0.15) is 0 Å². The number of nitrogens with zero attached hydrogens (tertiary/aromatic N) is 1. The van der Waals surface area contributed by atoms with Crippen molar-refractivity contribution in [3.05, 3.63) is 58.6 Å². The van der Waals surface area contributed by atoms with Crippen LogP contribution in [0.1, 0.15) is 35.9 Å². The number of carbonyl (C=O) groups is 1. The van der Waals surface area contributed by atoms with Crippen molar-refractivity contribution in [2.24, 2.45) is 0 Å². The summed E-state index contributed by atoms with van der Waals surface area (Å²) < 4.78 is 64.9. The van der Waals surface area contributed by atoms with E-state index in [1.165, 1.54) is 32.2 Å². The maximum Gasteiger partial charge on any atom is 0.307 e. The van der Waals surface area contributed by atoms with Gasteiger partial charge in [-0.25, -0.2) is 8.42 Å². The van der Waals surface area contributed by atoms with Crippen LogP contribution in [0.15, 0.2) is 47.4 Å². The van der Waals surface area contributed by atoms with E-state index in [4.69, 9.17) is 21.8 Å². The molecule has 0 bridgehead atoms. The van der Waals surface area contributed by atoms with Gasteiger partial charge < -0.3 is 10.1 Å². The van der Waals surface area contributed by atoms with Gasteiger partial charge in [0.25, 0.3) is 10.0 Å². The smallest absolute Gasteiger partial charge is 0.307 e. The van der Waals surface area contributed by atoms with Crippen molar-refractivity contribution in [3.8, 4) is 0 Å². The highest BCUT2D eigenvalue weighted by molar-refractivity contribution is 7.92. The summed E-state index contributed by atoms with van der Waals surface area (Å²) in [7, 11) is -2.67. The Morgan fingerprint density at radius 1 is 1.30 bits per heavy atom. The fraction of sp³-hybridized carbons (Fsp3) is 0.316. The number of ether oxygens (including phenoxy) is 1. The molecule has 3 rings (SSSR count). The number of para-hydroxylation sites is 1. The zero-order valence-corrected chi connectivity index (χ0v) is 16.3. The molecule has 0 saturated carbocycles. The van der Waals surface area contributed by atoms with Gasteiger partial charge in [-0.05, 0) is 36.2 Å². The third-order valence-electron chi connectivity index (χ3n) is 4.17. The summed E-state index contributed by atoms with van der Waals surface area (Å²) in [6.07, 6.45) is -3.05. The number of sulfonamides is 1. The third-order valence-corrected chi connectivity index (χ3v) is 6.23. The van der Waals surface area contributed by atoms with Crippen LogP contribution in [0.25, 0.3) is 0 Å². The molecule has 2 aromatic rings. The van der Waals surface area contributed by atoms with Crippen LogP contribution in [0.3, 0.4) is 0 Å². The number of nitrogens with one attached hydrogen (secondary N) is 1. The van der Waals surface area contributed by atoms with E-state index in [2.05, 4.69) is 5.32 Å². The minimum atomic E-state index is -4.04. The van der Waals surface area contributed by atoms with Crippen LogP contribution < -0.4 is 9.62 Å². The average molecular weight is 413 g/mol. The molecule has 6 nitrogen and oxygen atoms in total. The van der Waals surface area contributed by atoms with E-state index < -0.39 is 34.9 Å². The van der Waals surface area contributed by atoms with Gasteiger partial charge in [-0.15, -0.1) is 0 Å². The Labute approximate surface area is 169 Å². The van der Waals surface area contributed by atoms with Crippen LogP contribution in [0.5, 0.6) is 0 Å². The summed E-state index contributed by atoms with van der Waals surface area (Å²) in [5, 5.41) is 2.70. The van der Waals surface area contributed by atoms with E-state index in [-0.39, 0.29) is 27.8 Å². The van der Waals surface area contributed by atoms with Gasteiger partial charge >= 0.3 is 5.97 Å². The molecule has 1 aliphatic rings. The first-order chi connectivity index (χ1) is 14.3. The Bertz CT molecular complexity index is 1130. The Morgan fingerprint density at radius 2 is 2.04 bits per heavy atom. The van der Waals surface area contributed by atoms with Crippen molar-refractivity contribution in [2.45, 2.75) is 24.2 Å². The van der Waals surface area contributed by atoms with Crippen LogP contribution in [0, 0.1) is 0 Å². The largest absolute Gasteiger partial charge is 0.466 e. The number of esters is 1. The fourth-order valence-electron chi connectivity index (χ4n) is 2.91. The molecular formula is C19H21ClN2O4S. The number of fused-ring (bicyclic) bond motifs is 2. The lowest BCUT2D eigenvalue weighted by Gasteiger charge is -2.22. The number of halogens is 1. The highest BCUT2D eigenvalue weighted by Gasteiger charge is 2.34. The van der Waals surface area contributed by atoms with E-state index in [0.717, 1.165) is 4.31 Å². The van der Waals surface area contributed by atoms with Crippen molar-refractivity contribution in [3.63, 3.8) is 0 Å². The van der Waals surface area contributed by atoms with Gasteiger partial charge in [0.15, 0.2) is 0 Å². The minimum absolute atomic E-state index is 0.120. The van der Waals surface area contributed by atoms with E-state index in [1.54, 1.807) is 24.3 Å². The lowest BCUT2D eigenvalue weighted by molar-refractivity contribution is -0.143. The molecular weight excluding hydrogens is 388 g/mol. The van der Waals surface area contributed by atoms with Crippen molar-refractivity contribution < 1.29 is 23.4 Å². The highest BCUT2D eigenvalue weighted by atomic mass is 35.5. The number of hydrogen-bond donors (Lipinski definition) is 1. The van der Waals surface area contributed by atoms with Crippen molar-refractivity contribution in [1.29, 1.82) is 0 Å². The average Bonchev–Trinajstić information content (AvgIpc) is 2.77. The molecule has 1 unspecified atom stereocenters. The van der Waals surface area contributed by atoms with E-state index in [1.807, 2.05) is 0 Å². The predicted octanol–water partition coefficient (Wildman–Crippen LogP) is 3.11. The molecule has 27 heavy (non-hydrogen) atoms. The van der Waals surface area contributed by atoms with Gasteiger partial charge in [0.2, 0.25) is 0 Å². The summed E-state index contributed by atoms with van der Waals surface area (Å²) in [6.45, 7) is -1.55. The Hall–Kier alpha value is -2.09. The molecule has 0 spiro atoms. The lowest BCUT2D eigenvalue weighted by Crippen LogP contribution is -2.26. The normalized spacial score (nSPS) is 20.9. The first-order valence-electron chi connectivity index (χ1n) is 10.2. The Balaban J connectivity index is 2.23. The van der Waals surface area contributed by atoms with Crippen LogP contribution in [-0.2, 0) is 19.6 Å². The zero-order valence-electron chi connectivity index (χ0n) is 18.7. The first-order valence-corrected chi connectivity index (χ1v) is 9.98. The summed E-state index contributed by atoms with van der Waals surface area (Å²) in [4.78, 5) is 12.0. The minimum Gasteiger partial charge on any atom is -0.466 e. The highest BCUT2D eigenvalue weighted by Crippen LogP contribution is 2.40. The summed E-state index contributed by atoms with van der Waals surface area (Å²) in [5.41, 5.74) is 0.836. The molecule has 0 aliphatic carbocycles. The number of rotatable bonds is 5. The predicted molar refractivity (Wildman–Crippen MR) is 105 cm³/mol. The molecule has 0 aromatic heterocycles. The van der Waals surface area contributed by atoms with Crippen LogP contribution >= 0.6 is 11.6 Å². The third kappa shape index (κ3) is 3.81. The maximum absolute atomic E-state index is 13.2. The summed E-state index contributed by atoms with van der Waals surface area (Å²) in [5.74, 6) is -1.37. The Kier molecular flexibility index (Phi) is 4.35. The molecule has 1 heterocycles. The standard InChI is InChI=1S/C19H21ClN2O4S/c1-3-26-18(23)10-11-21-19-14-6-4-5-7-16(14)22(2)27(24,25)17-12-13(20)8-9-15(17)19/h4-9,12,19,21H,3,10-11H2,1-2H3/i10D2,11D2. The number of anilines is 1. The van der Waals surface area contributed by atoms with E-state index in [9.17, 15) is 13.2 Å². The van der Waals surface area contributed by atoms with Gasteiger partial charge in [-0.3, -0.25) is 9.10 Å². The molecule has 0 fully saturated rings. The van der Waals surface area contributed by atoms with Crippen LogP contribution in [0.4, 0.5) is 5.69 Å². The summed E-state index contributed by atoms with van der Waals surface area (Å²) >= 11 is 6.05. The molecule has 144 valence electrons. The lowest BCUT2D eigenvalue weighted by atomic mass is 9.97. The summed E-state index contributed by atoms with van der Waals surface area (Å²) in [6, 6.07) is 9.53. The van der Waals surface area contributed by atoms with Gasteiger partial charge in [0, 0.05) is 24.1 Å². The van der Waals surface area contributed by atoms with Crippen LogP contribution in [-0.4, -0.2) is 34.5 Å². The first kappa shape index (κ1) is 14.9. The molecule has 1 aliphatic heterocycles.